The van der Waals surface area contributed by atoms with E-state index in [2.05, 4.69) is 31.2 Å². The van der Waals surface area contributed by atoms with E-state index in [0.29, 0.717) is 17.4 Å². The van der Waals surface area contributed by atoms with Gasteiger partial charge in [-0.1, -0.05) is 15.9 Å². The molecule has 0 saturated carbocycles. The number of amides is 1. The van der Waals surface area contributed by atoms with Gasteiger partial charge in [-0.25, -0.2) is 9.97 Å². The van der Waals surface area contributed by atoms with Gasteiger partial charge in [0.25, 0.3) is 5.91 Å². The quantitative estimate of drug-likeness (QED) is 0.681. The minimum absolute atomic E-state index is 0.150. The third-order valence-electron chi connectivity index (χ3n) is 3.62. The third kappa shape index (κ3) is 3.14. The van der Waals surface area contributed by atoms with Crippen molar-refractivity contribution in [3.05, 3.63) is 45.0 Å². The van der Waals surface area contributed by atoms with E-state index in [4.69, 9.17) is 4.74 Å². The number of halogens is 1. The lowest BCUT2D eigenvalue weighted by Gasteiger charge is -2.08. The van der Waals surface area contributed by atoms with E-state index in [9.17, 15) is 4.79 Å². The highest BCUT2D eigenvalue weighted by Crippen LogP contribution is 2.35. The molecule has 0 saturated heterocycles. The molecule has 0 unspecified atom stereocenters. The van der Waals surface area contributed by atoms with E-state index in [0.717, 1.165) is 31.5 Å². The molecule has 24 heavy (non-hydrogen) atoms. The van der Waals surface area contributed by atoms with Crippen molar-refractivity contribution in [1.82, 2.24) is 9.97 Å². The molecule has 1 N–H and O–H groups in total. The number of hydrogen-bond donors (Lipinski definition) is 1. The van der Waals surface area contributed by atoms with E-state index < -0.39 is 0 Å². The van der Waals surface area contributed by atoms with Crippen LogP contribution in [-0.4, -0.2) is 22.5 Å². The largest absolute Gasteiger partial charge is 0.477 e. The second-order valence-electron chi connectivity index (χ2n) is 5.26. The SMILES string of the molecule is CCOc1ncnc2sc(C(=O)Nc3ccc(Br)cc3C)c(C)c12. The Hall–Kier alpha value is -1.99. The number of benzene rings is 1. The van der Waals surface area contributed by atoms with Gasteiger partial charge in [0.2, 0.25) is 5.88 Å². The summed E-state index contributed by atoms with van der Waals surface area (Å²) in [5.41, 5.74) is 2.62. The lowest BCUT2D eigenvalue weighted by molar-refractivity contribution is 0.103. The van der Waals surface area contributed by atoms with E-state index in [-0.39, 0.29) is 5.91 Å². The molecule has 0 aliphatic heterocycles. The van der Waals surface area contributed by atoms with Crippen LogP contribution in [0.15, 0.2) is 29.0 Å². The molecule has 0 aliphatic rings. The van der Waals surface area contributed by atoms with E-state index in [1.165, 1.54) is 17.7 Å². The number of hydrogen-bond acceptors (Lipinski definition) is 5. The van der Waals surface area contributed by atoms with Gasteiger partial charge >= 0.3 is 0 Å². The first kappa shape index (κ1) is 16.9. The predicted octanol–water partition coefficient (Wildman–Crippen LogP) is 4.72. The Labute approximate surface area is 152 Å². The summed E-state index contributed by atoms with van der Waals surface area (Å²) in [6, 6.07) is 5.75. The van der Waals surface area contributed by atoms with Gasteiger partial charge in [0, 0.05) is 10.2 Å². The highest BCUT2D eigenvalue weighted by Gasteiger charge is 2.20. The Morgan fingerprint density at radius 2 is 2.12 bits per heavy atom. The van der Waals surface area contributed by atoms with Gasteiger partial charge in [0.15, 0.2) is 0 Å². The molecule has 0 radical (unpaired) electrons. The summed E-state index contributed by atoms with van der Waals surface area (Å²) >= 11 is 4.77. The summed E-state index contributed by atoms with van der Waals surface area (Å²) in [7, 11) is 0. The molecule has 3 rings (SSSR count). The van der Waals surface area contributed by atoms with Crippen molar-refractivity contribution in [2.45, 2.75) is 20.8 Å². The number of rotatable bonds is 4. The van der Waals surface area contributed by atoms with Crippen LogP contribution in [0.25, 0.3) is 10.2 Å². The number of thiophene rings is 1. The lowest BCUT2D eigenvalue weighted by atomic mass is 10.1. The molecule has 1 amide bonds. The number of carbonyl (C=O) groups excluding carboxylic acids is 1. The molecule has 124 valence electrons. The fraction of sp³-hybridized carbons (Fsp3) is 0.235. The zero-order chi connectivity index (χ0) is 17.3. The van der Waals surface area contributed by atoms with Crippen molar-refractivity contribution in [1.29, 1.82) is 0 Å². The highest BCUT2D eigenvalue weighted by molar-refractivity contribution is 9.10. The second kappa shape index (κ2) is 6.86. The summed E-state index contributed by atoms with van der Waals surface area (Å²) in [6.45, 7) is 6.27. The van der Waals surface area contributed by atoms with Gasteiger partial charge in [0.05, 0.1) is 16.9 Å². The number of nitrogens with one attached hydrogen (secondary N) is 1. The molecule has 0 spiro atoms. The molecular formula is C17H16BrN3O2S. The normalized spacial score (nSPS) is 10.8. The highest BCUT2D eigenvalue weighted by atomic mass is 79.9. The van der Waals surface area contributed by atoms with Gasteiger partial charge in [-0.2, -0.15) is 0 Å². The number of fused-ring (bicyclic) bond motifs is 1. The molecule has 2 heterocycles. The fourth-order valence-corrected chi connectivity index (χ4v) is 3.96. The van der Waals surface area contributed by atoms with E-state index in [1.54, 1.807) is 0 Å². The van der Waals surface area contributed by atoms with Crippen LogP contribution in [0.5, 0.6) is 5.88 Å². The Kier molecular flexibility index (Phi) is 4.82. The van der Waals surface area contributed by atoms with Crippen LogP contribution in [0, 0.1) is 13.8 Å². The third-order valence-corrected chi connectivity index (χ3v) is 5.31. The number of ether oxygens (including phenoxy) is 1. The minimum Gasteiger partial charge on any atom is -0.477 e. The molecule has 0 aliphatic carbocycles. The van der Waals surface area contributed by atoms with Crippen LogP contribution in [0.4, 0.5) is 5.69 Å². The van der Waals surface area contributed by atoms with Crippen LogP contribution < -0.4 is 10.1 Å². The lowest BCUT2D eigenvalue weighted by Crippen LogP contribution is -2.12. The first-order valence-corrected chi connectivity index (χ1v) is 9.06. The summed E-state index contributed by atoms with van der Waals surface area (Å²) in [5, 5.41) is 3.78. The zero-order valence-electron chi connectivity index (χ0n) is 13.5. The monoisotopic (exact) mass is 405 g/mol. The molecular weight excluding hydrogens is 390 g/mol. The van der Waals surface area contributed by atoms with Gasteiger partial charge in [-0.05, 0) is 50.1 Å². The fourth-order valence-electron chi connectivity index (χ4n) is 2.45. The van der Waals surface area contributed by atoms with Gasteiger partial charge in [-0.15, -0.1) is 11.3 Å². The summed E-state index contributed by atoms with van der Waals surface area (Å²) in [6.07, 6.45) is 1.46. The van der Waals surface area contributed by atoms with Crippen molar-refractivity contribution < 1.29 is 9.53 Å². The molecule has 0 fully saturated rings. The maximum Gasteiger partial charge on any atom is 0.266 e. The molecule has 2 aromatic heterocycles. The average molecular weight is 406 g/mol. The first-order valence-electron chi connectivity index (χ1n) is 7.45. The maximum atomic E-state index is 12.7. The predicted molar refractivity (Wildman–Crippen MR) is 100 cm³/mol. The topological polar surface area (TPSA) is 64.1 Å². The molecule has 3 aromatic rings. The molecule has 1 aromatic carbocycles. The Morgan fingerprint density at radius 1 is 1.33 bits per heavy atom. The van der Waals surface area contributed by atoms with Crippen molar-refractivity contribution in [3.63, 3.8) is 0 Å². The molecule has 0 bridgehead atoms. The minimum atomic E-state index is -0.150. The molecule has 0 atom stereocenters. The van der Waals surface area contributed by atoms with Crippen molar-refractivity contribution in [2.75, 3.05) is 11.9 Å². The van der Waals surface area contributed by atoms with Crippen molar-refractivity contribution in [2.24, 2.45) is 0 Å². The standard InChI is InChI=1S/C17H16BrN3O2S/c1-4-23-16-13-10(3)14(24-17(13)20-8-19-16)15(22)21-12-6-5-11(18)7-9(12)2/h5-8H,4H2,1-3H3,(H,21,22). The van der Waals surface area contributed by atoms with Crippen LogP contribution in [0.3, 0.4) is 0 Å². The van der Waals surface area contributed by atoms with Crippen LogP contribution in [0.2, 0.25) is 0 Å². The smallest absolute Gasteiger partial charge is 0.266 e. The maximum absolute atomic E-state index is 12.7. The number of aryl methyl sites for hydroxylation is 2. The van der Waals surface area contributed by atoms with Gasteiger partial charge < -0.3 is 10.1 Å². The van der Waals surface area contributed by atoms with Gasteiger partial charge in [0.1, 0.15) is 11.2 Å². The Morgan fingerprint density at radius 3 is 2.83 bits per heavy atom. The van der Waals surface area contributed by atoms with Crippen LogP contribution in [-0.2, 0) is 0 Å². The second-order valence-corrected chi connectivity index (χ2v) is 7.18. The van der Waals surface area contributed by atoms with E-state index >= 15 is 0 Å². The summed E-state index contributed by atoms with van der Waals surface area (Å²) in [5.74, 6) is 0.374. The van der Waals surface area contributed by atoms with Gasteiger partial charge in [-0.3, -0.25) is 4.79 Å². The van der Waals surface area contributed by atoms with Crippen LogP contribution >= 0.6 is 27.3 Å². The van der Waals surface area contributed by atoms with Crippen molar-refractivity contribution in [3.8, 4) is 5.88 Å². The number of anilines is 1. The van der Waals surface area contributed by atoms with Crippen molar-refractivity contribution >= 4 is 49.1 Å². The summed E-state index contributed by atoms with van der Waals surface area (Å²) in [4.78, 5) is 22.5. The Bertz CT molecular complexity index is 924. The number of aromatic nitrogens is 2. The molecule has 5 nitrogen and oxygen atoms in total. The van der Waals surface area contributed by atoms with E-state index in [1.807, 2.05) is 39.0 Å². The zero-order valence-corrected chi connectivity index (χ0v) is 15.9. The summed E-state index contributed by atoms with van der Waals surface area (Å²) < 4.78 is 6.54. The Balaban J connectivity index is 1.98. The first-order chi connectivity index (χ1) is 11.5. The van der Waals surface area contributed by atoms with Crippen LogP contribution in [0.1, 0.15) is 27.7 Å². The average Bonchev–Trinajstić information content (AvgIpc) is 2.88. The molecule has 7 heteroatoms. The number of nitrogens with zero attached hydrogens (tertiary/aromatic N) is 2. The number of carbonyl (C=O) groups is 1.